The van der Waals surface area contributed by atoms with E-state index < -0.39 is 48.3 Å². The molecule has 1 radical (unpaired) electrons. The first-order valence-electron chi connectivity index (χ1n) is 15.9. The van der Waals surface area contributed by atoms with E-state index >= 15 is 0 Å². The summed E-state index contributed by atoms with van der Waals surface area (Å²) in [7, 11) is 2.16. The molecule has 3 aliphatic rings. The van der Waals surface area contributed by atoms with E-state index in [0.717, 1.165) is 45.2 Å². The summed E-state index contributed by atoms with van der Waals surface area (Å²) in [6.07, 6.45) is 2.35. The number of hydrogen-bond acceptors (Lipinski definition) is 13. The fourth-order valence-corrected chi connectivity index (χ4v) is 4.79. The third kappa shape index (κ3) is 20.9. The molecule has 3 fully saturated rings. The van der Waals surface area contributed by atoms with Gasteiger partial charge in [0.1, 0.15) is 6.10 Å². The molecule has 3 N–H and O–H groups in total. The molecule has 50 heavy (non-hydrogen) atoms. The molecule has 3 saturated heterocycles. The van der Waals surface area contributed by atoms with Crippen LogP contribution in [0.5, 0.6) is 0 Å². The smallest absolute Gasteiger partial charge is 0.347 e. The molecule has 3 heterocycles. The molecule has 3 rings (SSSR count). The summed E-state index contributed by atoms with van der Waals surface area (Å²) in [5.41, 5.74) is 0. The molecule has 293 valence electrons. The van der Waals surface area contributed by atoms with Gasteiger partial charge in [0.15, 0.2) is 18.3 Å². The van der Waals surface area contributed by atoms with Crippen LogP contribution in [0.25, 0.3) is 0 Å². The van der Waals surface area contributed by atoms with Gasteiger partial charge >= 0.3 is 23.9 Å². The van der Waals surface area contributed by atoms with Crippen LogP contribution in [0.15, 0.2) is 0 Å². The fourth-order valence-electron chi connectivity index (χ4n) is 4.79. The molecule has 0 bridgehead atoms. The van der Waals surface area contributed by atoms with E-state index in [2.05, 4.69) is 25.3 Å². The van der Waals surface area contributed by atoms with Crippen molar-refractivity contribution in [3.8, 4) is 0 Å². The Morgan fingerprint density at radius 1 is 0.880 bits per heavy atom. The van der Waals surface area contributed by atoms with Crippen LogP contribution >= 0.6 is 17.4 Å². The van der Waals surface area contributed by atoms with Gasteiger partial charge in [0.2, 0.25) is 11.8 Å². The van der Waals surface area contributed by atoms with E-state index in [0.29, 0.717) is 19.3 Å². The number of ether oxygens (including phenoxy) is 4. The number of aliphatic hydroxyl groups is 2. The number of rotatable bonds is 12. The third-order valence-corrected chi connectivity index (χ3v) is 7.42. The van der Waals surface area contributed by atoms with Crippen molar-refractivity contribution in [2.24, 2.45) is 0 Å². The second kappa shape index (κ2) is 30.7. The van der Waals surface area contributed by atoms with Crippen molar-refractivity contribution in [1.82, 2.24) is 9.80 Å². The van der Waals surface area contributed by atoms with E-state index in [4.69, 9.17) is 24.6 Å². The normalized spacial score (nSPS) is 20.3. The topological polar surface area (TPSA) is 207 Å². The molecular weight excluding hydrogens is 733 g/mol. The zero-order valence-corrected chi connectivity index (χ0v) is 32.3. The van der Waals surface area contributed by atoms with E-state index in [1.54, 1.807) is 0 Å². The standard InChI is InChI=1S/C15H25NO6.C9H17NO2.C6H8O4.2CH4.H4OP2.V/c1-4-12(16-8-5-6-13(16)18)7-9-21-15(20)11(3)22-14(19)10(2)17;1-2-8(5-7-11)10-6-3-4-9(10)12;1-3-5(7)10-4(2)6(8)9-3;;;1-3-2;/h10-12,17H,4-9H2,1-3H3;8,11H,2-7H2,1H3;3-4H,1-2H3;2*1H4;1,3H,2H2;. The first kappa shape index (κ1) is 54.9. The summed E-state index contributed by atoms with van der Waals surface area (Å²) in [6, 6.07) is 0.336. The Morgan fingerprint density at radius 3 is 1.60 bits per heavy atom. The van der Waals surface area contributed by atoms with Crippen molar-refractivity contribution in [2.75, 3.05) is 26.3 Å². The van der Waals surface area contributed by atoms with Crippen LogP contribution in [-0.4, -0.2) is 123 Å². The van der Waals surface area contributed by atoms with Gasteiger partial charge in [0.05, 0.1) is 6.61 Å². The first-order chi connectivity index (χ1) is 22.2. The number of nitrogens with zero attached hydrogens (tertiary/aromatic N) is 2. The number of likely N-dealkylation sites (tertiary alicyclic amines) is 2. The van der Waals surface area contributed by atoms with Gasteiger partial charge in [-0.3, -0.25) is 9.59 Å². The molecule has 0 aliphatic carbocycles. The van der Waals surface area contributed by atoms with Crippen molar-refractivity contribution in [2.45, 2.75) is 144 Å². The summed E-state index contributed by atoms with van der Waals surface area (Å²) in [5, 5.41) is 17.8. The van der Waals surface area contributed by atoms with Gasteiger partial charge in [-0.1, -0.05) is 37.6 Å². The molecule has 15 nitrogen and oxygen atoms in total. The minimum atomic E-state index is -1.28. The third-order valence-electron chi connectivity index (χ3n) is 7.42. The maximum Gasteiger partial charge on any atom is 0.347 e. The van der Waals surface area contributed by atoms with E-state index in [-0.39, 0.29) is 79.0 Å². The summed E-state index contributed by atoms with van der Waals surface area (Å²) in [4.78, 5) is 78.5. The molecule has 18 heteroatoms. The molecule has 8 unspecified atom stereocenters. The zero-order chi connectivity index (χ0) is 36.1. The van der Waals surface area contributed by atoms with Gasteiger partial charge in [-0.15, -0.1) is 0 Å². The Balaban J connectivity index is -0.000000321. The number of carbonyl (C=O) groups excluding carboxylic acids is 6. The van der Waals surface area contributed by atoms with Crippen LogP contribution in [-0.2, 0) is 66.3 Å². The van der Waals surface area contributed by atoms with Crippen LogP contribution < -0.4 is 0 Å². The maximum absolute atomic E-state index is 11.7. The van der Waals surface area contributed by atoms with Gasteiger partial charge in [-0.2, -0.15) is 0 Å². The Kier molecular flexibility index (Phi) is 33.8. The predicted molar refractivity (Wildman–Crippen MR) is 189 cm³/mol. The quantitative estimate of drug-likeness (QED) is 0.148. The van der Waals surface area contributed by atoms with Crippen molar-refractivity contribution >= 4 is 53.1 Å². The SMILES string of the molecule is C.C.CC1OC(=O)C(C)OC1=O.CCC(CCO)N1CCCC1=O.CCC(CCOC(=O)C(C)OC(=O)C(C)O)N1CCCC1=O.OPP.[V]. The second-order valence-corrected chi connectivity index (χ2v) is 12.0. The zero-order valence-electron chi connectivity index (χ0n) is 28.8. The number of hydrogen-bond donors (Lipinski definition) is 3. The van der Waals surface area contributed by atoms with E-state index in [1.807, 2.05) is 16.7 Å². The number of amides is 2. The number of carbonyl (C=O) groups is 6. The number of cyclic esters (lactones) is 2. The largest absolute Gasteiger partial charge is 0.463 e. The van der Waals surface area contributed by atoms with E-state index in [9.17, 15) is 28.8 Å². The van der Waals surface area contributed by atoms with Crippen LogP contribution in [0, 0.1) is 0 Å². The van der Waals surface area contributed by atoms with E-state index in [1.165, 1.54) is 27.7 Å². The summed E-state index contributed by atoms with van der Waals surface area (Å²) < 4.78 is 19.0. The maximum atomic E-state index is 11.7. The Hall–Kier alpha value is -1.86. The Labute approximate surface area is 314 Å². The second-order valence-electron chi connectivity index (χ2n) is 11.0. The van der Waals surface area contributed by atoms with Gasteiger partial charge in [-0.25, -0.2) is 19.2 Å². The van der Waals surface area contributed by atoms with Crippen LogP contribution in [0.1, 0.15) is 108 Å². The molecular formula is C32H62N2O13P2V. The van der Waals surface area contributed by atoms with Crippen molar-refractivity contribution in [3.63, 3.8) is 0 Å². The minimum Gasteiger partial charge on any atom is -0.463 e. The van der Waals surface area contributed by atoms with Crippen molar-refractivity contribution < 1.29 is 81.4 Å². The van der Waals surface area contributed by atoms with Crippen molar-refractivity contribution in [3.05, 3.63) is 0 Å². The first-order valence-corrected chi connectivity index (χ1v) is 18.7. The van der Waals surface area contributed by atoms with Crippen LogP contribution in [0.4, 0.5) is 0 Å². The molecule has 0 spiro atoms. The predicted octanol–water partition coefficient (Wildman–Crippen LogP) is 2.90. The minimum absolute atomic E-state index is 0. The average Bonchev–Trinajstić information content (AvgIpc) is 3.65. The molecule has 2 amide bonds. The Morgan fingerprint density at radius 2 is 1.28 bits per heavy atom. The fraction of sp³-hybridized carbons (Fsp3) is 0.812. The molecule has 0 aromatic carbocycles. The van der Waals surface area contributed by atoms with Crippen LogP contribution in [0.2, 0.25) is 0 Å². The van der Waals surface area contributed by atoms with Gasteiger partial charge in [0, 0.05) is 78.1 Å². The number of aliphatic hydroxyl groups excluding tert-OH is 2. The summed E-state index contributed by atoms with van der Waals surface area (Å²) in [6.45, 7) is 11.7. The summed E-state index contributed by atoms with van der Waals surface area (Å²) >= 11 is 0. The molecule has 8 atom stereocenters. The van der Waals surface area contributed by atoms with Crippen LogP contribution in [0.3, 0.4) is 0 Å². The Bertz CT molecular complexity index is 989. The molecule has 3 aliphatic heterocycles. The number of esters is 4. The molecule has 0 aromatic rings. The van der Waals surface area contributed by atoms with Gasteiger partial charge < -0.3 is 43.9 Å². The molecule has 0 aromatic heterocycles. The average molecular weight is 796 g/mol. The van der Waals surface area contributed by atoms with Gasteiger partial charge in [-0.05, 0) is 59.8 Å². The van der Waals surface area contributed by atoms with Gasteiger partial charge in [0.25, 0.3) is 0 Å². The molecule has 0 saturated carbocycles. The van der Waals surface area contributed by atoms with Crippen molar-refractivity contribution in [1.29, 1.82) is 0 Å². The monoisotopic (exact) mass is 795 g/mol. The summed E-state index contributed by atoms with van der Waals surface area (Å²) in [5.74, 6) is -2.07.